The third kappa shape index (κ3) is 4.10. The topological polar surface area (TPSA) is 84.2 Å². The number of nitrogens with one attached hydrogen (secondary N) is 1. The van der Waals surface area contributed by atoms with Crippen LogP contribution in [0.25, 0.3) is 0 Å². The molecule has 0 spiro atoms. The van der Waals surface area contributed by atoms with Gasteiger partial charge in [0, 0.05) is 13.2 Å². The Labute approximate surface area is 103 Å². The molecule has 0 aromatic carbocycles. The van der Waals surface area contributed by atoms with Crippen molar-refractivity contribution >= 4 is 23.6 Å². The van der Waals surface area contributed by atoms with Gasteiger partial charge in [-0.1, -0.05) is 0 Å². The maximum atomic E-state index is 11.7. The number of hydrogen-bond donors (Lipinski definition) is 2. The molecule has 94 valence electrons. The Morgan fingerprint density at radius 1 is 1.65 bits per heavy atom. The number of carboxylic acid groups (broad SMARTS) is 1. The number of aliphatic carboxylic acids is 1. The molecule has 1 amide bonds. The molecule has 0 bridgehead atoms. The van der Waals surface area contributed by atoms with Crippen LogP contribution in [0.3, 0.4) is 0 Å². The number of aryl methyl sites for hydroxylation is 1. The van der Waals surface area contributed by atoms with Crippen molar-refractivity contribution in [2.75, 3.05) is 12.0 Å². The van der Waals surface area contributed by atoms with Crippen LogP contribution in [0.5, 0.6) is 0 Å². The molecule has 0 unspecified atom stereocenters. The van der Waals surface area contributed by atoms with E-state index in [2.05, 4.69) is 10.4 Å². The third-order valence-electron chi connectivity index (χ3n) is 2.18. The fraction of sp³-hybridized carbons (Fsp3) is 0.500. The lowest BCUT2D eigenvalue weighted by atomic mass is 10.2. The van der Waals surface area contributed by atoms with Crippen LogP contribution in [0.2, 0.25) is 0 Å². The molecule has 1 aromatic rings. The maximum absolute atomic E-state index is 11.7. The molecule has 0 aliphatic rings. The lowest BCUT2D eigenvalue weighted by molar-refractivity contribution is -0.139. The Kier molecular flexibility index (Phi) is 5.02. The summed E-state index contributed by atoms with van der Waals surface area (Å²) >= 11 is 1.54. The van der Waals surface area contributed by atoms with Gasteiger partial charge < -0.3 is 10.4 Å². The molecule has 1 heterocycles. The first kappa shape index (κ1) is 13.6. The molecule has 17 heavy (non-hydrogen) atoms. The zero-order valence-electron chi connectivity index (χ0n) is 9.71. The summed E-state index contributed by atoms with van der Waals surface area (Å²) in [4.78, 5) is 22.6. The second kappa shape index (κ2) is 6.29. The lowest BCUT2D eigenvalue weighted by Gasteiger charge is -2.12. The molecule has 0 fully saturated rings. The second-order valence-electron chi connectivity index (χ2n) is 3.55. The van der Waals surface area contributed by atoms with E-state index in [0.29, 0.717) is 17.7 Å². The highest BCUT2D eigenvalue weighted by Gasteiger charge is 2.20. The van der Waals surface area contributed by atoms with Gasteiger partial charge in [0.2, 0.25) is 0 Å². The monoisotopic (exact) mass is 257 g/mol. The van der Waals surface area contributed by atoms with E-state index < -0.39 is 17.9 Å². The van der Waals surface area contributed by atoms with Crippen LogP contribution in [0.1, 0.15) is 16.8 Å². The molecule has 0 saturated carbocycles. The van der Waals surface area contributed by atoms with E-state index in [1.54, 1.807) is 25.0 Å². The molecule has 1 aromatic heterocycles. The van der Waals surface area contributed by atoms with E-state index in [1.807, 2.05) is 6.26 Å². The first-order chi connectivity index (χ1) is 8.04. The average molecular weight is 257 g/mol. The van der Waals surface area contributed by atoms with Crippen molar-refractivity contribution in [3.63, 3.8) is 0 Å². The van der Waals surface area contributed by atoms with Crippen molar-refractivity contribution in [2.24, 2.45) is 7.05 Å². The van der Waals surface area contributed by atoms with Crippen LogP contribution in [-0.4, -0.2) is 44.8 Å². The van der Waals surface area contributed by atoms with Gasteiger partial charge in [0.25, 0.3) is 5.91 Å². The number of nitrogens with zero attached hydrogens (tertiary/aromatic N) is 2. The summed E-state index contributed by atoms with van der Waals surface area (Å²) in [6.07, 6.45) is 5.25. The molecule has 0 radical (unpaired) electrons. The largest absolute Gasteiger partial charge is 0.480 e. The first-order valence-corrected chi connectivity index (χ1v) is 6.45. The normalized spacial score (nSPS) is 12.1. The van der Waals surface area contributed by atoms with E-state index in [9.17, 15) is 9.59 Å². The number of carbonyl (C=O) groups is 2. The minimum absolute atomic E-state index is 0.364. The van der Waals surface area contributed by atoms with E-state index in [4.69, 9.17) is 5.11 Å². The molecule has 1 atom stereocenters. The van der Waals surface area contributed by atoms with Crippen LogP contribution in [0, 0.1) is 0 Å². The van der Waals surface area contributed by atoms with Crippen molar-refractivity contribution in [2.45, 2.75) is 12.5 Å². The molecule has 1 rings (SSSR count). The molecule has 2 N–H and O–H groups in total. The maximum Gasteiger partial charge on any atom is 0.326 e. The Morgan fingerprint density at radius 3 is 2.82 bits per heavy atom. The summed E-state index contributed by atoms with van der Waals surface area (Å²) in [6.45, 7) is 0. The Hall–Kier alpha value is -1.50. The molecule has 6 nitrogen and oxygen atoms in total. The van der Waals surface area contributed by atoms with Crippen molar-refractivity contribution in [3.8, 4) is 0 Å². The summed E-state index contributed by atoms with van der Waals surface area (Å²) in [5.41, 5.74) is 0.364. The van der Waals surface area contributed by atoms with E-state index in [0.717, 1.165) is 0 Å². The zero-order valence-corrected chi connectivity index (χ0v) is 10.5. The Morgan fingerprint density at radius 2 is 2.35 bits per heavy atom. The minimum Gasteiger partial charge on any atom is -0.480 e. The predicted octanol–water partition coefficient (Wildman–Crippen LogP) is 0.356. The number of hydrogen-bond acceptors (Lipinski definition) is 4. The fourth-order valence-electron chi connectivity index (χ4n) is 1.27. The van der Waals surface area contributed by atoms with Gasteiger partial charge in [-0.2, -0.15) is 16.9 Å². The van der Waals surface area contributed by atoms with E-state index in [1.165, 1.54) is 10.9 Å². The summed E-state index contributed by atoms with van der Waals surface area (Å²) in [5, 5.41) is 15.3. The van der Waals surface area contributed by atoms with Gasteiger partial charge in [-0.25, -0.2) is 4.79 Å². The Balaban J connectivity index is 2.60. The highest BCUT2D eigenvalue weighted by molar-refractivity contribution is 7.98. The average Bonchev–Trinajstić information content (AvgIpc) is 2.70. The van der Waals surface area contributed by atoms with E-state index in [-0.39, 0.29) is 0 Å². The smallest absolute Gasteiger partial charge is 0.326 e. The van der Waals surface area contributed by atoms with Gasteiger partial charge in [-0.3, -0.25) is 9.48 Å². The van der Waals surface area contributed by atoms with Crippen molar-refractivity contribution in [3.05, 3.63) is 18.0 Å². The van der Waals surface area contributed by atoms with Crippen molar-refractivity contribution in [1.29, 1.82) is 0 Å². The summed E-state index contributed by atoms with van der Waals surface area (Å²) < 4.78 is 1.49. The number of aromatic nitrogens is 2. The summed E-state index contributed by atoms with van der Waals surface area (Å²) in [5.74, 6) is -0.743. The molecular weight excluding hydrogens is 242 g/mol. The van der Waals surface area contributed by atoms with Gasteiger partial charge in [0.05, 0.1) is 11.8 Å². The highest BCUT2D eigenvalue weighted by Crippen LogP contribution is 2.03. The number of rotatable bonds is 6. The van der Waals surface area contributed by atoms with Crippen LogP contribution < -0.4 is 5.32 Å². The summed E-state index contributed by atoms with van der Waals surface area (Å²) in [6, 6.07) is -0.852. The molecular formula is C10H15N3O3S. The Bertz CT molecular complexity index is 405. The van der Waals surface area contributed by atoms with Gasteiger partial charge in [-0.15, -0.1) is 0 Å². The number of carbonyl (C=O) groups excluding carboxylic acids is 1. The second-order valence-corrected chi connectivity index (χ2v) is 4.53. The van der Waals surface area contributed by atoms with Crippen molar-refractivity contribution < 1.29 is 14.7 Å². The van der Waals surface area contributed by atoms with E-state index >= 15 is 0 Å². The van der Waals surface area contributed by atoms with Gasteiger partial charge in [0.15, 0.2) is 0 Å². The number of thioether (sulfide) groups is 1. The number of amides is 1. The summed E-state index contributed by atoms with van der Waals surface area (Å²) in [7, 11) is 1.69. The third-order valence-corrected chi connectivity index (χ3v) is 2.83. The van der Waals surface area contributed by atoms with Gasteiger partial charge in [-0.05, 0) is 18.4 Å². The lowest BCUT2D eigenvalue weighted by Crippen LogP contribution is -2.41. The quantitative estimate of drug-likeness (QED) is 0.768. The van der Waals surface area contributed by atoms with Crippen LogP contribution in [-0.2, 0) is 11.8 Å². The SMILES string of the molecule is CSCC[C@H](NC(=O)c1cnn(C)c1)C(=O)O. The van der Waals surface area contributed by atoms with Crippen LogP contribution in [0.15, 0.2) is 12.4 Å². The van der Waals surface area contributed by atoms with Crippen LogP contribution >= 0.6 is 11.8 Å². The molecule has 7 heteroatoms. The van der Waals surface area contributed by atoms with Gasteiger partial charge in [0.1, 0.15) is 6.04 Å². The van der Waals surface area contributed by atoms with Gasteiger partial charge >= 0.3 is 5.97 Å². The fourth-order valence-corrected chi connectivity index (χ4v) is 1.74. The van der Waals surface area contributed by atoms with Crippen molar-refractivity contribution in [1.82, 2.24) is 15.1 Å². The predicted molar refractivity (Wildman–Crippen MR) is 65.1 cm³/mol. The van der Waals surface area contributed by atoms with Crippen LogP contribution in [0.4, 0.5) is 0 Å². The zero-order chi connectivity index (χ0) is 12.8. The molecule has 0 saturated heterocycles. The standard InChI is InChI=1S/C10H15N3O3S/c1-13-6-7(5-11-13)9(14)12-8(10(15)16)3-4-17-2/h5-6,8H,3-4H2,1-2H3,(H,12,14)(H,15,16)/t8-/m0/s1. The molecule has 0 aliphatic carbocycles. The highest BCUT2D eigenvalue weighted by atomic mass is 32.2. The number of carboxylic acids is 1. The minimum atomic E-state index is -1.02. The first-order valence-electron chi connectivity index (χ1n) is 5.06. The molecule has 0 aliphatic heterocycles.